The van der Waals surface area contributed by atoms with Gasteiger partial charge in [-0.05, 0) is 29.8 Å². The number of carbonyl (C=O) groups is 2. The molecular weight excluding hydrogens is 514 g/mol. The smallest absolute Gasteiger partial charge is 0.228 e. The van der Waals surface area contributed by atoms with E-state index in [1.54, 1.807) is 12.1 Å². The van der Waals surface area contributed by atoms with Gasteiger partial charge in [-0.1, -0.05) is 102 Å². The van der Waals surface area contributed by atoms with Gasteiger partial charge in [0.15, 0.2) is 10.9 Å². The summed E-state index contributed by atoms with van der Waals surface area (Å²) in [6.45, 7) is 0. The van der Waals surface area contributed by atoms with Crippen LogP contribution in [0.4, 0.5) is 5.69 Å². The maximum absolute atomic E-state index is 13.4. The number of rotatable bonds is 7. The van der Waals surface area contributed by atoms with Crippen molar-refractivity contribution in [2.45, 2.75) is 11.6 Å². The molecule has 1 aliphatic rings. The number of hydrogen-bond acceptors (Lipinski definition) is 4. The van der Waals surface area contributed by atoms with Crippen molar-refractivity contribution in [3.8, 4) is 28.2 Å². The number of imidazole rings is 1. The molecule has 6 rings (SSSR count). The first kappa shape index (κ1) is 24.2. The largest absolute Gasteiger partial charge is 0.325 e. The van der Waals surface area contributed by atoms with Gasteiger partial charge in [0.2, 0.25) is 5.91 Å². The summed E-state index contributed by atoms with van der Waals surface area (Å²) in [5, 5.41) is 3.81. The van der Waals surface area contributed by atoms with E-state index in [-0.39, 0.29) is 23.9 Å². The van der Waals surface area contributed by atoms with Crippen molar-refractivity contribution in [3.05, 3.63) is 119 Å². The van der Waals surface area contributed by atoms with E-state index in [9.17, 15) is 9.59 Å². The molecule has 7 heteroatoms. The van der Waals surface area contributed by atoms with E-state index in [0.717, 1.165) is 33.8 Å². The maximum atomic E-state index is 13.4. The number of anilines is 1. The van der Waals surface area contributed by atoms with Gasteiger partial charge in [-0.15, -0.1) is 0 Å². The Morgan fingerprint density at radius 3 is 2.21 bits per heavy atom. The zero-order chi connectivity index (χ0) is 26.1. The van der Waals surface area contributed by atoms with Crippen LogP contribution >= 0.6 is 23.4 Å². The molecule has 5 aromatic rings. The van der Waals surface area contributed by atoms with Gasteiger partial charge in [0, 0.05) is 28.1 Å². The number of Topliss-reactive ketones (excluding diaryl/α,β-unsaturated/α-hetero) is 1. The molecule has 0 fully saturated rings. The maximum Gasteiger partial charge on any atom is 0.228 e. The monoisotopic (exact) mass is 535 g/mol. The van der Waals surface area contributed by atoms with Gasteiger partial charge in [-0.2, -0.15) is 0 Å². The van der Waals surface area contributed by atoms with Gasteiger partial charge in [-0.25, -0.2) is 4.98 Å². The summed E-state index contributed by atoms with van der Waals surface area (Å²) in [6, 6.07) is 33.7. The van der Waals surface area contributed by atoms with E-state index >= 15 is 0 Å². The van der Waals surface area contributed by atoms with Crippen LogP contribution in [0.3, 0.4) is 0 Å². The molecule has 4 aromatic carbocycles. The molecule has 1 aliphatic heterocycles. The molecule has 186 valence electrons. The van der Waals surface area contributed by atoms with Crippen molar-refractivity contribution in [2.75, 3.05) is 11.1 Å². The van der Waals surface area contributed by atoms with Crippen molar-refractivity contribution in [1.29, 1.82) is 0 Å². The van der Waals surface area contributed by atoms with E-state index in [0.29, 0.717) is 21.4 Å². The third-order valence-electron chi connectivity index (χ3n) is 6.41. The average Bonchev–Trinajstić information content (AvgIpc) is 3.52. The van der Waals surface area contributed by atoms with E-state index < -0.39 is 0 Å². The number of fused-ring (bicyclic) bond motifs is 1. The van der Waals surface area contributed by atoms with Crippen LogP contribution in [0.25, 0.3) is 28.2 Å². The number of benzene rings is 4. The second kappa shape index (κ2) is 10.3. The fourth-order valence-corrected chi connectivity index (χ4v) is 5.81. The fraction of sp³-hybridized carbons (Fsp3) is 0.0645. The van der Waals surface area contributed by atoms with Gasteiger partial charge < -0.3 is 5.32 Å². The lowest BCUT2D eigenvalue weighted by molar-refractivity contribution is -0.115. The number of nitrogens with one attached hydrogen (secondary N) is 1. The molecular formula is C31H22ClN3O2S. The molecule has 5 nitrogen and oxygen atoms in total. The second-order valence-electron chi connectivity index (χ2n) is 8.92. The van der Waals surface area contributed by atoms with Crippen LogP contribution in [-0.4, -0.2) is 27.0 Å². The molecule has 0 spiro atoms. The number of ketones is 1. The molecule has 0 saturated heterocycles. The lowest BCUT2D eigenvalue weighted by Gasteiger charge is -2.13. The Bertz CT molecular complexity index is 1650. The third kappa shape index (κ3) is 4.64. The molecule has 1 aromatic heterocycles. The van der Waals surface area contributed by atoms with E-state index in [2.05, 4.69) is 22.0 Å². The lowest BCUT2D eigenvalue weighted by atomic mass is 10.0. The Morgan fingerprint density at radius 2 is 1.53 bits per heavy atom. The third-order valence-corrected chi connectivity index (χ3v) is 7.66. The highest BCUT2D eigenvalue weighted by Gasteiger charge is 2.25. The number of carbonyl (C=O) groups excluding carboxylic acids is 2. The Kier molecular flexibility index (Phi) is 6.58. The number of amides is 1. The van der Waals surface area contributed by atoms with E-state index in [4.69, 9.17) is 16.6 Å². The summed E-state index contributed by atoms with van der Waals surface area (Å²) in [5.74, 6) is -0.0688. The van der Waals surface area contributed by atoms with Crippen LogP contribution in [0.1, 0.15) is 15.9 Å². The van der Waals surface area contributed by atoms with E-state index in [1.165, 1.54) is 11.8 Å². The van der Waals surface area contributed by atoms with E-state index in [1.807, 2.05) is 78.9 Å². The van der Waals surface area contributed by atoms with Crippen LogP contribution in [0.15, 0.2) is 108 Å². The predicted molar refractivity (Wildman–Crippen MR) is 153 cm³/mol. The Hall–Kier alpha value is -4.13. The number of aromatic nitrogens is 2. The summed E-state index contributed by atoms with van der Waals surface area (Å²) in [4.78, 5) is 30.2. The molecule has 0 atom stereocenters. The Labute approximate surface area is 229 Å². The highest BCUT2D eigenvalue weighted by Crippen LogP contribution is 2.39. The molecule has 0 saturated carbocycles. The number of thioether (sulfide) groups is 1. The zero-order valence-electron chi connectivity index (χ0n) is 20.2. The summed E-state index contributed by atoms with van der Waals surface area (Å²) >= 11 is 7.82. The normalized spacial score (nSPS) is 12.3. The first-order valence-corrected chi connectivity index (χ1v) is 13.5. The number of nitrogens with zero attached hydrogens (tertiary/aromatic N) is 2. The quantitative estimate of drug-likeness (QED) is 0.175. The summed E-state index contributed by atoms with van der Waals surface area (Å²) in [5.41, 5.74) is 6.65. The average molecular weight is 536 g/mol. The van der Waals surface area contributed by atoms with Gasteiger partial charge in [0.05, 0.1) is 28.6 Å². The molecule has 2 heterocycles. The van der Waals surface area contributed by atoms with Crippen LogP contribution in [0.5, 0.6) is 0 Å². The number of para-hydroxylation sites is 1. The molecule has 1 N–H and O–H groups in total. The highest BCUT2D eigenvalue weighted by molar-refractivity contribution is 7.99. The van der Waals surface area contributed by atoms with Crippen molar-refractivity contribution < 1.29 is 9.59 Å². The number of hydrogen-bond donors (Lipinski definition) is 1. The lowest BCUT2D eigenvalue weighted by Crippen LogP contribution is -2.06. The molecule has 0 aliphatic carbocycles. The number of halogens is 1. The zero-order valence-corrected chi connectivity index (χ0v) is 21.8. The molecule has 0 radical (unpaired) electrons. The topological polar surface area (TPSA) is 64.0 Å². The minimum absolute atomic E-state index is 0.0955. The van der Waals surface area contributed by atoms with Crippen molar-refractivity contribution in [2.24, 2.45) is 0 Å². The summed E-state index contributed by atoms with van der Waals surface area (Å²) in [6.07, 6.45) is 0.249. The fourth-order valence-electron chi connectivity index (χ4n) is 4.64. The minimum atomic E-state index is -0.118. The molecule has 1 amide bonds. The summed E-state index contributed by atoms with van der Waals surface area (Å²) in [7, 11) is 0. The summed E-state index contributed by atoms with van der Waals surface area (Å²) < 4.78 is 2.11. The Balaban J connectivity index is 1.43. The highest BCUT2D eigenvalue weighted by atomic mass is 35.5. The Morgan fingerprint density at radius 1 is 0.895 bits per heavy atom. The standard InChI is InChI=1S/C31H22ClN3O2S/c32-25-18-26-22(17-28(37)33-26)16-24(25)27(36)19-38-31-34-29(20-10-4-1-5-11-20)30(21-12-6-2-7-13-21)35(31)23-14-8-3-9-15-23/h1-16,18H,17,19H2,(H,33,37). The van der Waals surface area contributed by atoms with Crippen LogP contribution in [-0.2, 0) is 11.2 Å². The predicted octanol–water partition coefficient (Wildman–Crippen LogP) is 7.33. The van der Waals surface area contributed by atoms with Crippen molar-refractivity contribution in [3.63, 3.8) is 0 Å². The minimum Gasteiger partial charge on any atom is -0.325 e. The van der Waals surface area contributed by atoms with Crippen LogP contribution in [0.2, 0.25) is 5.02 Å². The van der Waals surface area contributed by atoms with Crippen molar-refractivity contribution in [1.82, 2.24) is 9.55 Å². The van der Waals surface area contributed by atoms with Gasteiger partial charge in [-0.3, -0.25) is 14.2 Å². The molecule has 38 heavy (non-hydrogen) atoms. The SMILES string of the molecule is O=C1Cc2cc(C(=O)CSc3nc(-c4ccccc4)c(-c4ccccc4)n3-c3ccccc3)c(Cl)cc2N1. The second-order valence-corrected chi connectivity index (χ2v) is 10.3. The van der Waals surface area contributed by atoms with Crippen molar-refractivity contribution >= 4 is 40.7 Å². The first-order chi connectivity index (χ1) is 18.6. The molecule has 0 bridgehead atoms. The first-order valence-electron chi connectivity index (χ1n) is 12.2. The van der Waals surface area contributed by atoms with Crippen LogP contribution in [0, 0.1) is 0 Å². The van der Waals surface area contributed by atoms with Crippen LogP contribution < -0.4 is 5.32 Å². The molecule has 0 unspecified atom stereocenters. The van der Waals surface area contributed by atoms with Gasteiger partial charge in [0.1, 0.15) is 0 Å². The van der Waals surface area contributed by atoms with Gasteiger partial charge in [0.25, 0.3) is 0 Å². The van der Waals surface area contributed by atoms with Gasteiger partial charge >= 0.3 is 0 Å².